The Hall–Kier alpha value is -2.14. The largest absolute Gasteiger partial charge is 0.416 e. The molecule has 3 amide bonds. The summed E-state index contributed by atoms with van der Waals surface area (Å²) in [6.07, 6.45) is -4.70. The van der Waals surface area contributed by atoms with Crippen LogP contribution in [0.15, 0.2) is 29.2 Å². The SMILES string of the molecule is O=C1CN(NS(=O)(=O)c2cccc(C(F)(F)F)c2)C(=O)N1. The van der Waals surface area contributed by atoms with Crippen LogP contribution in [-0.4, -0.2) is 31.9 Å². The average Bonchev–Trinajstić information content (AvgIpc) is 2.66. The van der Waals surface area contributed by atoms with Crippen LogP contribution in [0.1, 0.15) is 5.56 Å². The van der Waals surface area contributed by atoms with Crippen LogP contribution in [0, 0.1) is 0 Å². The van der Waals surface area contributed by atoms with Crippen LogP contribution < -0.4 is 10.1 Å². The van der Waals surface area contributed by atoms with Crippen LogP contribution in [0.25, 0.3) is 0 Å². The summed E-state index contributed by atoms with van der Waals surface area (Å²) in [6, 6.07) is 2.00. The molecule has 114 valence electrons. The van der Waals surface area contributed by atoms with Gasteiger partial charge in [0.1, 0.15) is 6.54 Å². The van der Waals surface area contributed by atoms with Crippen molar-refractivity contribution in [2.75, 3.05) is 6.54 Å². The number of hydrogen-bond acceptors (Lipinski definition) is 4. The van der Waals surface area contributed by atoms with E-state index in [9.17, 15) is 31.2 Å². The third-order valence-electron chi connectivity index (χ3n) is 2.50. The van der Waals surface area contributed by atoms with E-state index in [0.29, 0.717) is 17.1 Å². The van der Waals surface area contributed by atoms with Crippen molar-refractivity contribution in [3.05, 3.63) is 29.8 Å². The molecule has 1 aromatic rings. The first kappa shape index (κ1) is 15.3. The molecule has 1 aromatic carbocycles. The van der Waals surface area contributed by atoms with Gasteiger partial charge in [-0.1, -0.05) is 6.07 Å². The Kier molecular flexibility index (Phi) is 3.63. The van der Waals surface area contributed by atoms with Gasteiger partial charge in [-0.15, -0.1) is 4.83 Å². The molecule has 0 atom stereocenters. The van der Waals surface area contributed by atoms with Crippen molar-refractivity contribution in [2.24, 2.45) is 0 Å². The minimum Gasteiger partial charge on any atom is -0.275 e. The molecule has 0 spiro atoms. The van der Waals surface area contributed by atoms with Crippen molar-refractivity contribution >= 4 is 22.0 Å². The molecule has 0 radical (unpaired) electrons. The first-order valence-corrected chi connectivity index (χ1v) is 6.89. The highest BCUT2D eigenvalue weighted by atomic mass is 32.2. The van der Waals surface area contributed by atoms with E-state index >= 15 is 0 Å². The first-order valence-electron chi connectivity index (χ1n) is 5.41. The number of hydrogen-bond donors (Lipinski definition) is 2. The van der Waals surface area contributed by atoms with E-state index in [4.69, 9.17) is 0 Å². The third-order valence-corrected chi connectivity index (χ3v) is 3.83. The molecule has 0 bridgehead atoms. The van der Waals surface area contributed by atoms with Crippen LogP contribution in [0.5, 0.6) is 0 Å². The molecule has 21 heavy (non-hydrogen) atoms. The Bertz CT molecular complexity index is 702. The van der Waals surface area contributed by atoms with Gasteiger partial charge in [0.25, 0.3) is 10.0 Å². The number of nitrogens with one attached hydrogen (secondary N) is 2. The van der Waals surface area contributed by atoms with Crippen molar-refractivity contribution in [1.29, 1.82) is 0 Å². The van der Waals surface area contributed by atoms with Gasteiger partial charge in [0.15, 0.2) is 0 Å². The van der Waals surface area contributed by atoms with E-state index in [1.807, 2.05) is 5.32 Å². The lowest BCUT2D eigenvalue weighted by Gasteiger charge is -2.15. The van der Waals surface area contributed by atoms with E-state index in [1.54, 1.807) is 4.83 Å². The fourth-order valence-electron chi connectivity index (χ4n) is 1.55. The molecular formula is C10H8F3N3O4S. The van der Waals surface area contributed by atoms with Gasteiger partial charge in [-0.3, -0.25) is 10.1 Å². The molecular weight excluding hydrogens is 315 g/mol. The first-order chi connectivity index (χ1) is 9.59. The number of rotatable bonds is 3. The molecule has 1 heterocycles. The summed E-state index contributed by atoms with van der Waals surface area (Å²) in [5, 5.41) is 2.27. The molecule has 1 fully saturated rings. The van der Waals surface area contributed by atoms with Crippen molar-refractivity contribution in [2.45, 2.75) is 11.1 Å². The van der Waals surface area contributed by atoms with E-state index in [2.05, 4.69) is 0 Å². The average molecular weight is 323 g/mol. The Morgan fingerprint density at radius 3 is 2.43 bits per heavy atom. The Balaban J connectivity index is 2.28. The monoisotopic (exact) mass is 323 g/mol. The normalized spacial score (nSPS) is 16.2. The van der Waals surface area contributed by atoms with Gasteiger partial charge in [-0.05, 0) is 18.2 Å². The maximum absolute atomic E-state index is 12.5. The predicted molar refractivity (Wildman–Crippen MR) is 62.0 cm³/mol. The van der Waals surface area contributed by atoms with Gasteiger partial charge in [-0.2, -0.15) is 13.2 Å². The fourth-order valence-corrected chi connectivity index (χ4v) is 2.64. The number of nitrogens with zero attached hydrogens (tertiary/aromatic N) is 1. The number of sulfonamides is 1. The summed E-state index contributed by atoms with van der Waals surface area (Å²) >= 11 is 0. The number of benzene rings is 1. The van der Waals surface area contributed by atoms with Crippen LogP contribution >= 0.6 is 0 Å². The van der Waals surface area contributed by atoms with Crippen LogP contribution in [0.3, 0.4) is 0 Å². The maximum atomic E-state index is 12.5. The number of hydrazine groups is 1. The quantitative estimate of drug-likeness (QED) is 0.790. The smallest absolute Gasteiger partial charge is 0.275 e. The zero-order valence-electron chi connectivity index (χ0n) is 10.1. The van der Waals surface area contributed by atoms with Crippen molar-refractivity contribution in [3.63, 3.8) is 0 Å². The molecule has 1 aliphatic rings. The lowest BCUT2D eigenvalue weighted by atomic mass is 10.2. The lowest BCUT2D eigenvalue weighted by molar-refractivity contribution is -0.137. The number of amides is 3. The highest BCUT2D eigenvalue weighted by molar-refractivity contribution is 7.89. The molecule has 0 aliphatic carbocycles. The number of carbonyl (C=O) groups excluding carboxylic acids is 2. The summed E-state index contributed by atoms with van der Waals surface area (Å²) in [5.41, 5.74) is -1.15. The van der Waals surface area contributed by atoms with Gasteiger partial charge in [-0.25, -0.2) is 18.2 Å². The molecule has 11 heteroatoms. The number of carbonyl (C=O) groups is 2. The minimum atomic E-state index is -4.70. The van der Waals surface area contributed by atoms with E-state index < -0.39 is 45.1 Å². The number of halogens is 3. The molecule has 7 nitrogen and oxygen atoms in total. The van der Waals surface area contributed by atoms with E-state index in [0.717, 1.165) is 12.1 Å². The van der Waals surface area contributed by atoms with Gasteiger partial charge in [0.05, 0.1) is 10.5 Å². The summed E-state index contributed by atoms with van der Waals surface area (Å²) in [5.74, 6) is -0.730. The second-order valence-electron chi connectivity index (χ2n) is 4.06. The van der Waals surface area contributed by atoms with Gasteiger partial charge >= 0.3 is 12.2 Å². The van der Waals surface area contributed by atoms with Gasteiger partial charge < -0.3 is 0 Å². The fraction of sp³-hybridized carbons (Fsp3) is 0.200. The third kappa shape index (κ3) is 3.31. The topological polar surface area (TPSA) is 95.6 Å². The van der Waals surface area contributed by atoms with E-state index in [-0.39, 0.29) is 0 Å². The Labute approximate surface area is 116 Å². The van der Waals surface area contributed by atoms with Gasteiger partial charge in [0, 0.05) is 0 Å². The molecule has 0 unspecified atom stereocenters. The summed E-state index contributed by atoms with van der Waals surface area (Å²) in [6.45, 7) is -0.559. The molecule has 0 saturated carbocycles. The molecule has 2 N–H and O–H groups in total. The molecule has 1 aliphatic heterocycles. The van der Waals surface area contributed by atoms with Crippen LogP contribution in [0.2, 0.25) is 0 Å². The second-order valence-corrected chi connectivity index (χ2v) is 5.72. The zero-order chi connectivity index (χ0) is 15.8. The maximum Gasteiger partial charge on any atom is 0.416 e. The number of alkyl halides is 3. The summed E-state index contributed by atoms with van der Waals surface area (Å²) in [7, 11) is -4.42. The lowest BCUT2D eigenvalue weighted by Crippen LogP contribution is -2.44. The van der Waals surface area contributed by atoms with Crippen molar-refractivity contribution in [3.8, 4) is 0 Å². The van der Waals surface area contributed by atoms with E-state index in [1.165, 1.54) is 0 Å². The Morgan fingerprint density at radius 1 is 1.24 bits per heavy atom. The number of urea groups is 1. The standard InChI is InChI=1S/C10H8F3N3O4S/c11-10(12,13)6-2-1-3-7(4-6)21(19,20)15-16-5-8(17)14-9(16)18/h1-4,15H,5H2,(H,14,17,18). The highest BCUT2D eigenvalue weighted by Gasteiger charge is 2.34. The minimum absolute atomic E-state index is 0.429. The Morgan fingerprint density at radius 2 is 1.90 bits per heavy atom. The zero-order valence-corrected chi connectivity index (χ0v) is 11.0. The van der Waals surface area contributed by atoms with Crippen LogP contribution in [0.4, 0.5) is 18.0 Å². The van der Waals surface area contributed by atoms with Crippen LogP contribution in [-0.2, 0) is 21.0 Å². The molecule has 1 saturated heterocycles. The highest BCUT2D eigenvalue weighted by Crippen LogP contribution is 2.30. The van der Waals surface area contributed by atoms with Gasteiger partial charge in [0.2, 0.25) is 5.91 Å². The predicted octanol–water partition coefficient (Wildman–Crippen LogP) is 0.450. The van der Waals surface area contributed by atoms with Crippen molar-refractivity contribution in [1.82, 2.24) is 15.2 Å². The molecule has 0 aromatic heterocycles. The molecule has 2 rings (SSSR count). The van der Waals surface area contributed by atoms with Crippen molar-refractivity contribution < 1.29 is 31.2 Å². The summed E-state index contributed by atoms with van der Waals surface area (Å²) < 4.78 is 61.4. The number of imide groups is 1. The summed E-state index contributed by atoms with van der Waals surface area (Å²) in [4.78, 5) is 23.2. The second kappa shape index (κ2) is 5.00.